The average Bonchev–Trinajstić information content (AvgIpc) is 3.01. The first-order chi connectivity index (χ1) is 21.2. The van der Waals surface area contributed by atoms with Gasteiger partial charge in [-0.15, -0.1) is 0 Å². The Morgan fingerprint density at radius 3 is 2.09 bits per heavy atom. The highest BCUT2D eigenvalue weighted by Crippen LogP contribution is 2.33. The summed E-state index contributed by atoms with van der Waals surface area (Å²) < 4.78 is 5.75. The zero-order chi connectivity index (χ0) is 31.0. The maximum Gasteiger partial charge on any atom is 0.436 e. The van der Waals surface area contributed by atoms with Crippen molar-refractivity contribution in [2.45, 2.75) is 51.7 Å². The lowest BCUT2D eigenvalue weighted by Gasteiger charge is -2.53. The fourth-order valence-electron chi connectivity index (χ4n) is 6.23. The number of fused-ring (bicyclic) bond motifs is 3. The van der Waals surface area contributed by atoms with Crippen LogP contribution in [0.2, 0.25) is 0 Å². The van der Waals surface area contributed by atoms with Crippen molar-refractivity contribution in [3.63, 3.8) is 0 Å². The Balaban J connectivity index is 1.33. The number of amides is 4. The number of hydrogen-bond donors (Lipinski definition) is 1. The van der Waals surface area contributed by atoms with Crippen LogP contribution in [0.1, 0.15) is 31.4 Å². The van der Waals surface area contributed by atoms with Crippen molar-refractivity contribution < 1.29 is 28.8 Å². The minimum Gasteiger partial charge on any atom is -0.443 e. The molecule has 1 unspecified atom stereocenters. The topological polar surface area (TPSA) is 122 Å². The molecule has 2 fully saturated rings. The number of piperazine rings is 1. The molecular formula is C34H34N4O6. The second-order valence-corrected chi connectivity index (χ2v) is 11.6. The lowest BCUT2D eigenvalue weighted by atomic mass is 9.94. The van der Waals surface area contributed by atoms with Gasteiger partial charge in [0.05, 0.1) is 13.0 Å². The van der Waals surface area contributed by atoms with Crippen LogP contribution in [0.4, 0.5) is 4.79 Å². The predicted octanol–water partition coefficient (Wildman–Crippen LogP) is 4.34. The first-order valence-electron chi connectivity index (χ1n) is 14.7. The Labute approximate surface area is 254 Å². The molecule has 0 aromatic heterocycles. The van der Waals surface area contributed by atoms with E-state index in [1.54, 1.807) is 4.90 Å². The molecule has 0 spiro atoms. The molecule has 226 valence electrons. The molecule has 2 aliphatic heterocycles. The highest BCUT2D eigenvalue weighted by Gasteiger charge is 2.54. The Morgan fingerprint density at radius 1 is 0.864 bits per heavy atom. The van der Waals surface area contributed by atoms with Gasteiger partial charge >= 0.3 is 6.09 Å². The van der Waals surface area contributed by atoms with E-state index in [1.165, 1.54) is 4.90 Å². The maximum atomic E-state index is 14.0. The third-order valence-corrected chi connectivity index (χ3v) is 8.28. The van der Waals surface area contributed by atoms with E-state index in [-0.39, 0.29) is 31.5 Å². The fraction of sp³-hybridized carbons (Fsp3) is 0.294. The number of ether oxygens (including phenoxy) is 1. The molecule has 0 aliphatic carbocycles. The number of nitrogens with zero attached hydrogens (tertiary/aromatic N) is 3. The summed E-state index contributed by atoms with van der Waals surface area (Å²) in [5, 5.41) is 4.99. The SMILES string of the molecule is CC(C)[C@H]1C(=O)N(Cc2cccc3ccccc23)CC2N(C(=O)OCc3cccc4ccccc34)O[C@H](CC(N)=O)C(=O)N21. The van der Waals surface area contributed by atoms with Crippen LogP contribution in [0, 0.1) is 5.92 Å². The minimum atomic E-state index is -1.37. The predicted molar refractivity (Wildman–Crippen MR) is 163 cm³/mol. The zero-order valence-electron chi connectivity index (χ0n) is 24.6. The van der Waals surface area contributed by atoms with Gasteiger partial charge in [0, 0.05) is 6.54 Å². The number of hydrogen-bond acceptors (Lipinski definition) is 6. The number of primary amides is 1. The Kier molecular flexibility index (Phi) is 7.92. The molecule has 6 rings (SSSR count). The molecule has 2 N–H and O–H groups in total. The van der Waals surface area contributed by atoms with E-state index < -0.39 is 42.6 Å². The molecule has 4 amide bonds. The number of carbonyl (C=O) groups excluding carboxylic acids is 4. The van der Waals surface area contributed by atoms with Crippen molar-refractivity contribution in [3.05, 3.63) is 96.1 Å². The summed E-state index contributed by atoms with van der Waals surface area (Å²) in [6.07, 6.45) is -3.63. The van der Waals surface area contributed by atoms with E-state index in [4.69, 9.17) is 15.3 Å². The summed E-state index contributed by atoms with van der Waals surface area (Å²) >= 11 is 0. The van der Waals surface area contributed by atoms with Crippen LogP contribution in [0.15, 0.2) is 84.9 Å². The van der Waals surface area contributed by atoms with E-state index in [0.717, 1.165) is 37.7 Å². The lowest BCUT2D eigenvalue weighted by molar-refractivity contribution is -0.269. The molecule has 0 saturated carbocycles. The third kappa shape index (κ3) is 5.44. The second-order valence-electron chi connectivity index (χ2n) is 11.6. The van der Waals surface area contributed by atoms with Crippen molar-refractivity contribution in [2.24, 2.45) is 11.7 Å². The van der Waals surface area contributed by atoms with Crippen LogP contribution >= 0.6 is 0 Å². The molecule has 4 aromatic carbocycles. The highest BCUT2D eigenvalue weighted by atomic mass is 16.7. The van der Waals surface area contributed by atoms with Crippen LogP contribution in [-0.4, -0.2) is 63.5 Å². The molecular weight excluding hydrogens is 560 g/mol. The number of carbonyl (C=O) groups is 4. The Bertz CT molecular complexity index is 1750. The van der Waals surface area contributed by atoms with Crippen molar-refractivity contribution in [1.29, 1.82) is 0 Å². The van der Waals surface area contributed by atoms with Gasteiger partial charge in [-0.3, -0.25) is 19.2 Å². The monoisotopic (exact) mass is 594 g/mol. The molecule has 2 heterocycles. The molecule has 10 nitrogen and oxygen atoms in total. The third-order valence-electron chi connectivity index (χ3n) is 8.28. The van der Waals surface area contributed by atoms with Gasteiger partial charge in [0.1, 0.15) is 12.6 Å². The molecule has 10 heteroatoms. The van der Waals surface area contributed by atoms with Crippen LogP contribution in [0.25, 0.3) is 21.5 Å². The molecule has 4 aromatic rings. The molecule has 2 aliphatic rings. The zero-order valence-corrected chi connectivity index (χ0v) is 24.6. The molecule has 3 atom stereocenters. The van der Waals surface area contributed by atoms with Crippen LogP contribution < -0.4 is 5.73 Å². The van der Waals surface area contributed by atoms with Gasteiger partial charge in [0.25, 0.3) is 5.91 Å². The number of benzene rings is 4. The van der Waals surface area contributed by atoms with Crippen LogP contribution in [0.3, 0.4) is 0 Å². The fourth-order valence-corrected chi connectivity index (χ4v) is 6.23. The number of hydroxylamine groups is 2. The van der Waals surface area contributed by atoms with E-state index in [9.17, 15) is 19.2 Å². The first kappa shape index (κ1) is 29.1. The Hall–Kier alpha value is -4.96. The van der Waals surface area contributed by atoms with E-state index >= 15 is 0 Å². The van der Waals surface area contributed by atoms with Gasteiger partial charge in [0.15, 0.2) is 12.3 Å². The molecule has 2 saturated heterocycles. The normalized spacial score (nSPS) is 20.3. The van der Waals surface area contributed by atoms with Gasteiger partial charge < -0.3 is 20.3 Å². The summed E-state index contributed by atoms with van der Waals surface area (Å²) in [4.78, 5) is 62.3. The highest BCUT2D eigenvalue weighted by molar-refractivity contribution is 5.94. The second kappa shape index (κ2) is 12.0. The standard InChI is InChI=1S/C34H34N4O6/c1-21(2)31-33(41)36(18-24-13-7-11-22-9-3-5-15-26(22)24)19-30-37(31)32(40)28(17-29(35)39)44-38(30)34(42)43-20-25-14-8-12-23-10-4-6-16-27(23)25/h3-16,21,28,30-31H,17-20H2,1-2H3,(H2,35,39)/t28-,30?,31+/m1/s1. The van der Waals surface area contributed by atoms with Gasteiger partial charge in [-0.25, -0.2) is 4.79 Å². The van der Waals surface area contributed by atoms with E-state index in [2.05, 4.69) is 0 Å². The van der Waals surface area contributed by atoms with Crippen molar-refractivity contribution in [1.82, 2.24) is 14.9 Å². The van der Waals surface area contributed by atoms with Gasteiger partial charge in [0.2, 0.25) is 11.8 Å². The quantitative estimate of drug-likeness (QED) is 0.340. The van der Waals surface area contributed by atoms with E-state index in [0.29, 0.717) is 0 Å². The summed E-state index contributed by atoms with van der Waals surface area (Å²) in [5.74, 6) is -1.89. The maximum absolute atomic E-state index is 14.0. The Morgan fingerprint density at radius 2 is 1.45 bits per heavy atom. The van der Waals surface area contributed by atoms with Crippen molar-refractivity contribution in [3.8, 4) is 0 Å². The van der Waals surface area contributed by atoms with Gasteiger partial charge in [-0.2, -0.15) is 5.06 Å². The van der Waals surface area contributed by atoms with Gasteiger partial charge in [-0.1, -0.05) is 98.8 Å². The van der Waals surface area contributed by atoms with Crippen molar-refractivity contribution in [2.75, 3.05) is 6.54 Å². The van der Waals surface area contributed by atoms with Crippen LogP contribution in [0.5, 0.6) is 0 Å². The molecule has 44 heavy (non-hydrogen) atoms. The first-order valence-corrected chi connectivity index (χ1v) is 14.7. The summed E-state index contributed by atoms with van der Waals surface area (Å²) in [6.45, 7) is 3.90. The number of nitrogens with two attached hydrogens (primary N) is 1. The summed E-state index contributed by atoms with van der Waals surface area (Å²) in [5.41, 5.74) is 7.17. The molecule has 0 radical (unpaired) electrons. The average molecular weight is 595 g/mol. The summed E-state index contributed by atoms with van der Waals surface area (Å²) in [6, 6.07) is 26.4. The van der Waals surface area contributed by atoms with E-state index in [1.807, 2.05) is 98.8 Å². The smallest absolute Gasteiger partial charge is 0.436 e. The van der Waals surface area contributed by atoms with Crippen LogP contribution in [-0.2, 0) is 37.1 Å². The minimum absolute atomic E-state index is 0.0102. The van der Waals surface area contributed by atoms with Gasteiger partial charge in [-0.05, 0) is 38.6 Å². The molecule has 0 bridgehead atoms. The lowest BCUT2D eigenvalue weighted by Crippen LogP contribution is -2.74. The number of rotatable bonds is 7. The van der Waals surface area contributed by atoms with Crippen molar-refractivity contribution >= 4 is 45.4 Å². The summed E-state index contributed by atoms with van der Waals surface area (Å²) in [7, 11) is 0. The largest absolute Gasteiger partial charge is 0.443 e.